The summed E-state index contributed by atoms with van der Waals surface area (Å²) in [4.78, 5) is 0. The van der Waals surface area contributed by atoms with Gasteiger partial charge in [-0.05, 0) is 42.3 Å². The van der Waals surface area contributed by atoms with Crippen LogP contribution in [0.4, 0.5) is 0 Å². The van der Waals surface area contributed by atoms with Gasteiger partial charge in [-0.2, -0.15) is 5.10 Å². The first-order valence-corrected chi connectivity index (χ1v) is 6.78. The van der Waals surface area contributed by atoms with Gasteiger partial charge < -0.3 is 0 Å². The van der Waals surface area contributed by atoms with Crippen LogP contribution in [-0.4, -0.2) is 9.78 Å². The first kappa shape index (κ1) is 12.4. The Morgan fingerprint density at radius 2 is 2.06 bits per heavy atom. The lowest BCUT2D eigenvalue weighted by Gasteiger charge is -2.00. The summed E-state index contributed by atoms with van der Waals surface area (Å²) in [7, 11) is 0. The molecule has 0 saturated heterocycles. The van der Waals surface area contributed by atoms with Crippen LogP contribution in [0.3, 0.4) is 0 Å². The molecule has 2 aromatic rings. The highest BCUT2D eigenvalue weighted by atomic mass is 79.9. The molecule has 1 heterocycles. The predicted octanol–water partition coefficient (Wildman–Crippen LogP) is 4.20. The van der Waals surface area contributed by atoms with Gasteiger partial charge in [0.25, 0.3) is 0 Å². The number of aromatic nitrogens is 2. The van der Waals surface area contributed by atoms with Crippen LogP contribution in [-0.2, 0) is 13.0 Å². The van der Waals surface area contributed by atoms with Crippen LogP contribution in [0.25, 0.3) is 11.3 Å². The highest BCUT2D eigenvalue weighted by Crippen LogP contribution is 2.31. The monoisotopic (exact) mass is 292 g/mol. The van der Waals surface area contributed by atoms with E-state index >= 15 is 0 Å². The zero-order chi connectivity index (χ0) is 12.4. The molecule has 0 bridgehead atoms. The number of aryl methyl sites for hydroxylation is 2. The van der Waals surface area contributed by atoms with E-state index in [0.29, 0.717) is 0 Å². The molecule has 0 atom stereocenters. The molecule has 2 rings (SSSR count). The van der Waals surface area contributed by atoms with Crippen molar-refractivity contribution < 1.29 is 0 Å². The number of halogens is 1. The first-order chi connectivity index (χ1) is 8.17. The van der Waals surface area contributed by atoms with Crippen molar-refractivity contribution in [1.82, 2.24) is 9.78 Å². The summed E-state index contributed by atoms with van der Waals surface area (Å²) in [6.45, 7) is 7.30. The SMILES string of the molecule is CCc1c(Br)c(-c2cccc(C)c2)nn1CC. The van der Waals surface area contributed by atoms with Crippen LogP contribution in [0.2, 0.25) is 0 Å². The highest BCUT2D eigenvalue weighted by molar-refractivity contribution is 9.10. The third-order valence-electron chi connectivity index (χ3n) is 2.92. The molecule has 3 heteroatoms. The second-order valence-corrected chi connectivity index (χ2v) is 4.94. The average molecular weight is 293 g/mol. The van der Waals surface area contributed by atoms with Crippen molar-refractivity contribution in [3.05, 3.63) is 40.0 Å². The first-order valence-electron chi connectivity index (χ1n) is 5.99. The van der Waals surface area contributed by atoms with Gasteiger partial charge in [0.2, 0.25) is 0 Å². The van der Waals surface area contributed by atoms with Crippen molar-refractivity contribution in [2.45, 2.75) is 33.7 Å². The molecule has 0 spiro atoms. The molecule has 0 unspecified atom stereocenters. The summed E-state index contributed by atoms with van der Waals surface area (Å²) in [6.07, 6.45) is 0.993. The van der Waals surface area contributed by atoms with Crippen LogP contribution >= 0.6 is 15.9 Å². The van der Waals surface area contributed by atoms with Gasteiger partial charge in [-0.1, -0.05) is 30.7 Å². The van der Waals surface area contributed by atoms with Crippen molar-refractivity contribution in [3.8, 4) is 11.3 Å². The van der Waals surface area contributed by atoms with E-state index in [1.165, 1.54) is 16.8 Å². The second-order valence-electron chi connectivity index (χ2n) is 4.15. The average Bonchev–Trinajstić information content (AvgIpc) is 2.65. The summed E-state index contributed by atoms with van der Waals surface area (Å²) in [6, 6.07) is 8.47. The number of hydrogen-bond donors (Lipinski definition) is 0. The Balaban J connectivity index is 2.56. The van der Waals surface area contributed by atoms with Crippen molar-refractivity contribution in [2.75, 3.05) is 0 Å². The fourth-order valence-electron chi connectivity index (χ4n) is 2.05. The molecule has 0 aliphatic heterocycles. The Kier molecular flexibility index (Phi) is 3.67. The van der Waals surface area contributed by atoms with Crippen molar-refractivity contribution in [3.63, 3.8) is 0 Å². The quantitative estimate of drug-likeness (QED) is 0.829. The summed E-state index contributed by atoms with van der Waals surface area (Å²) >= 11 is 3.68. The molecule has 0 aliphatic carbocycles. The summed E-state index contributed by atoms with van der Waals surface area (Å²) in [5.74, 6) is 0. The Morgan fingerprint density at radius 1 is 1.29 bits per heavy atom. The van der Waals surface area contributed by atoms with E-state index < -0.39 is 0 Å². The Bertz CT molecular complexity index is 529. The van der Waals surface area contributed by atoms with E-state index in [-0.39, 0.29) is 0 Å². The molecular weight excluding hydrogens is 276 g/mol. The zero-order valence-corrected chi connectivity index (χ0v) is 12.1. The van der Waals surface area contributed by atoms with Gasteiger partial charge in [0, 0.05) is 12.1 Å². The smallest absolute Gasteiger partial charge is 0.107 e. The molecule has 1 aromatic heterocycles. The highest BCUT2D eigenvalue weighted by Gasteiger charge is 2.14. The summed E-state index contributed by atoms with van der Waals surface area (Å²) < 4.78 is 3.20. The van der Waals surface area contributed by atoms with E-state index in [1.807, 2.05) is 0 Å². The van der Waals surface area contributed by atoms with Gasteiger partial charge in [0.1, 0.15) is 5.69 Å². The van der Waals surface area contributed by atoms with Gasteiger partial charge in [-0.3, -0.25) is 4.68 Å². The van der Waals surface area contributed by atoms with Crippen LogP contribution in [0.1, 0.15) is 25.1 Å². The van der Waals surface area contributed by atoms with Crippen molar-refractivity contribution in [1.29, 1.82) is 0 Å². The van der Waals surface area contributed by atoms with Crippen molar-refractivity contribution in [2.24, 2.45) is 0 Å². The molecule has 1 aromatic carbocycles. The lowest BCUT2D eigenvalue weighted by Crippen LogP contribution is -2.01. The van der Waals surface area contributed by atoms with Gasteiger partial charge in [-0.15, -0.1) is 0 Å². The molecule has 2 nitrogen and oxygen atoms in total. The maximum atomic E-state index is 4.68. The van der Waals surface area contributed by atoms with Crippen LogP contribution in [0, 0.1) is 6.92 Å². The van der Waals surface area contributed by atoms with Gasteiger partial charge in [0.15, 0.2) is 0 Å². The molecule has 0 fully saturated rings. The summed E-state index contributed by atoms with van der Waals surface area (Å²) in [5, 5.41) is 4.68. The van der Waals surface area contributed by atoms with E-state index in [1.54, 1.807) is 0 Å². The Hall–Kier alpha value is -1.09. The van der Waals surface area contributed by atoms with E-state index in [2.05, 4.69) is 70.7 Å². The molecule has 0 saturated carbocycles. The maximum Gasteiger partial charge on any atom is 0.107 e. The summed E-state index contributed by atoms with van der Waals surface area (Å²) in [5.41, 5.74) is 4.76. The minimum Gasteiger partial charge on any atom is -0.268 e. The predicted molar refractivity (Wildman–Crippen MR) is 75.2 cm³/mol. The topological polar surface area (TPSA) is 17.8 Å². The number of hydrogen-bond acceptors (Lipinski definition) is 1. The normalized spacial score (nSPS) is 10.8. The van der Waals surface area contributed by atoms with Crippen LogP contribution in [0.5, 0.6) is 0 Å². The Morgan fingerprint density at radius 3 is 2.59 bits per heavy atom. The number of rotatable bonds is 3. The molecule has 0 N–H and O–H groups in total. The number of nitrogens with zero attached hydrogens (tertiary/aromatic N) is 2. The van der Waals surface area contributed by atoms with E-state index in [0.717, 1.165) is 23.1 Å². The standard InChI is InChI=1S/C14H17BrN2/c1-4-12-13(15)14(16-17(12)5-2)11-8-6-7-10(3)9-11/h6-9H,4-5H2,1-3H3. The van der Waals surface area contributed by atoms with Gasteiger partial charge in [-0.25, -0.2) is 0 Å². The fourth-order valence-corrected chi connectivity index (χ4v) is 2.84. The van der Waals surface area contributed by atoms with E-state index in [4.69, 9.17) is 0 Å². The minimum atomic E-state index is 0.910. The molecule has 0 aliphatic rings. The van der Waals surface area contributed by atoms with Gasteiger partial charge >= 0.3 is 0 Å². The van der Waals surface area contributed by atoms with Gasteiger partial charge in [0.05, 0.1) is 10.2 Å². The van der Waals surface area contributed by atoms with Crippen molar-refractivity contribution >= 4 is 15.9 Å². The molecule has 17 heavy (non-hydrogen) atoms. The lowest BCUT2D eigenvalue weighted by atomic mass is 10.1. The minimum absolute atomic E-state index is 0.910. The number of benzene rings is 1. The molecule has 0 amide bonds. The fraction of sp³-hybridized carbons (Fsp3) is 0.357. The second kappa shape index (κ2) is 5.05. The van der Waals surface area contributed by atoms with Crippen LogP contribution < -0.4 is 0 Å². The largest absolute Gasteiger partial charge is 0.268 e. The molecule has 0 radical (unpaired) electrons. The third kappa shape index (κ3) is 2.29. The zero-order valence-electron chi connectivity index (χ0n) is 10.5. The Labute approximate surface area is 111 Å². The van der Waals surface area contributed by atoms with E-state index in [9.17, 15) is 0 Å². The molecular formula is C14H17BrN2. The van der Waals surface area contributed by atoms with Crippen LogP contribution in [0.15, 0.2) is 28.7 Å². The maximum absolute atomic E-state index is 4.68. The third-order valence-corrected chi connectivity index (χ3v) is 3.75. The molecule has 90 valence electrons. The lowest BCUT2D eigenvalue weighted by molar-refractivity contribution is 0.627.